The van der Waals surface area contributed by atoms with Crippen molar-refractivity contribution in [1.29, 1.82) is 0 Å². The maximum absolute atomic E-state index is 11.7. The minimum atomic E-state index is -0.894. The van der Waals surface area contributed by atoms with E-state index in [4.69, 9.17) is 8.95 Å². The number of carbonyl (C=O) groups excluding carboxylic acids is 1. The van der Waals surface area contributed by atoms with Gasteiger partial charge in [0.25, 0.3) is 0 Å². The Kier molecular flexibility index (Phi) is 11.6. The van der Waals surface area contributed by atoms with Gasteiger partial charge in [0.05, 0.1) is 0 Å². The predicted molar refractivity (Wildman–Crippen MR) is 99.2 cm³/mol. The van der Waals surface area contributed by atoms with E-state index in [9.17, 15) is 14.7 Å². The zero-order chi connectivity index (χ0) is 18.8. The van der Waals surface area contributed by atoms with Crippen molar-refractivity contribution in [2.24, 2.45) is 0 Å². The van der Waals surface area contributed by atoms with Crippen LogP contribution in [0.4, 0.5) is 0 Å². The first-order valence-electron chi connectivity index (χ1n) is 7.42. The van der Waals surface area contributed by atoms with Gasteiger partial charge in [-0.05, 0) is 8.02 Å². The zero-order valence-corrected chi connectivity index (χ0v) is 21.5. The predicted octanol–water partition coefficient (Wildman–Crippen LogP) is 2.63. The van der Waals surface area contributed by atoms with E-state index >= 15 is 0 Å². The van der Waals surface area contributed by atoms with E-state index in [0.29, 0.717) is 36.6 Å². The summed E-state index contributed by atoms with van der Waals surface area (Å²) in [6.07, 6.45) is 0.377. The molecule has 131 valence electrons. The fraction of sp³-hybridized carbons (Fsp3) is 0.500. The Balaban J connectivity index is 0.00000163. The molecule has 1 unspecified atom stereocenters. The SMILES string of the molecule is CC(C)(C)OC(=O)CCC(C(=O)O)c1cccc([CH2][TlH])c1.O=S=P. The number of hydrogen-bond donors (Lipinski definition) is 1. The summed E-state index contributed by atoms with van der Waals surface area (Å²) in [6.45, 7) is 5.40. The minimum Gasteiger partial charge on any atom is -0.208 e. The van der Waals surface area contributed by atoms with Gasteiger partial charge in [0.15, 0.2) is 0 Å². The topological polar surface area (TPSA) is 80.7 Å². The minimum absolute atomic E-state index is 0.114. The molecule has 0 aliphatic carbocycles. The second-order valence-electron chi connectivity index (χ2n) is 6.09. The normalized spacial score (nSPS) is 11.6. The second kappa shape index (κ2) is 11.9. The zero-order valence-electron chi connectivity index (χ0n) is 14.2. The van der Waals surface area contributed by atoms with Crippen molar-refractivity contribution < 1.29 is 23.6 Å². The fourth-order valence-corrected chi connectivity index (χ4v) is 3.26. The van der Waals surface area contributed by atoms with Gasteiger partial charge >= 0.3 is 142 Å². The first kappa shape index (κ1) is 23.4. The molecule has 0 saturated heterocycles. The van der Waals surface area contributed by atoms with E-state index in [1.807, 2.05) is 24.3 Å². The molecule has 1 rings (SSSR count). The number of carboxylic acids is 1. The van der Waals surface area contributed by atoms with E-state index in [0.717, 1.165) is 9.54 Å². The Morgan fingerprint density at radius 1 is 1.38 bits per heavy atom. The summed E-state index contributed by atoms with van der Waals surface area (Å²) in [5, 5.41) is 9.40. The van der Waals surface area contributed by atoms with Crippen LogP contribution in [0.5, 0.6) is 0 Å². The van der Waals surface area contributed by atoms with Crippen LogP contribution in [0.3, 0.4) is 0 Å². The summed E-state index contributed by atoms with van der Waals surface area (Å²) < 4.78 is 15.0. The maximum Gasteiger partial charge on any atom is 0.110 e. The molecule has 1 N–H and O–H groups in total. The van der Waals surface area contributed by atoms with Crippen LogP contribution >= 0.6 is 8.02 Å². The fourth-order valence-electron chi connectivity index (χ4n) is 2.05. The van der Waals surface area contributed by atoms with E-state index in [2.05, 4.69) is 8.02 Å². The van der Waals surface area contributed by atoms with Gasteiger partial charge in [-0.3, -0.25) is 0 Å². The summed E-state index contributed by atoms with van der Waals surface area (Å²) >= 11 is 0.646. The van der Waals surface area contributed by atoms with Gasteiger partial charge in [-0.1, -0.05) is 0 Å². The van der Waals surface area contributed by atoms with Gasteiger partial charge in [-0.25, -0.2) is 4.21 Å². The Labute approximate surface area is 164 Å². The van der Waals surface area contributed by atoms with Crippen molar-refractivity contribution in [3.05, 3.63) is 35.4 Å². The molecule has 1 atom stereocenters. The molecule has 0 radical (unpaired) electrons. The second-order valence-corrected chi connectivity index (χ2v) is 8.70. The van der Waals surface area contributed by atoms with Crippen molar-refractivity contribution in [3.8, 4) is 0 Å². The Morgan fingerprint density at radius 3 is 2.42 bits per heavy atom. The van der Waals surface area contributed by atoms with Gasteiger partial charge in [-0.15, -0.1) is 0 Å². The maximum atomic E-state index is 11.7. The molecule has 1 aromatic rings. The molecule has 0 heterocycles. The molecule has 0 fully saturated rings. The average Bonchev–Trinajstić information content (AvgIpc) is 2.46. The van der Waals surface area contributed by atoms with Crippen molar-refractivity contribution in [2.45, 2.75) is 49.1 Å². The largest absolute Gasteiger partial charge is 0.208 e. The number of carboxylic acid groups (broad SMARTS) is 1. The molecule has 0 amide bonds. The monoisotopic (exact) mass is 563 g/mol. The number of ether oxygens (including phenoxy) is 1. The van der Waals surface area contributed by atoms with Crippen LogP contribution in [0.25, 0.3) is 0 Å². The van der Waals surface area contributed by atoms with Crippen molar-refractivity contribution in [3.63, 3.8) is 0 Å². The van der Waals surface area contributed by atoms with Gasteiger partial charge in [0, 0.05) is 0 Å². The summed E-state index contributed by atoms with van der Waals surface area (Å²) in [4.78, 5) is 23.2. The van der Waals surface area contributed by atoms with Crippen molar-refractivity contribution in [2.75, 3.05) is 0 Å². The Bertz CT molecular complexity index is 594. The van der Waals surface area contributed by atoms with Gasteiger partial charge in [0.2, 0.25) is 0 Å². The van der Waals surface area contributed by atoms with Crippen LogP contribution in [-0.4, -0.2) is 52.6 Å². The summed E-state index contributed by atoms with van der Waals surface area (Å²) in [6, 6.07) is 7.67. The molecule has 0 aliphatic rings. The Hall–Kier alpha value is -0.598. The molecular weight excluding hydrogens is 540 g/mol. The van der Waals surface area contributed by atoms with E-state index < -0.39 is 17.5 Å². The van der Waals surface area contributed by atoms with Crippen LogP contribution in [0, 0.1) is 0 Å². The number of rotatable bonds is 6. The Morgan fingerprint density at radius 2 is 1.96 bits per heavy atom. The van der Waals surface area contributed by atoms with E-state index in [-0.39, 0.29) is 18.8 Å². The first-order chi connectivity index (χ1) is 11.1. The molecule has 5 nitrogen and oxygen atoms in total. The van der Waals surface area contributed by atoms with E-state index in [1.165, 1.54) is 5.56 Å². The van der Waals surface area contributed by atoms with Gasteiger partial charge in [-0.2, -0.15) is 0 Å². The number of benzene rings is 1. The summed E-state index contributed by atoms with van der Waals surface area (Å²) in [7, 11) is 2.85. The smallest absolute Gasteiger partial charge is 0.110 e. The third-order valence-electron chi connectivity index (χ3n) is 3.00. The molecule has 24 heavy (non-hydrogen) atoms. The third kappa shape index (κ3) is 10.3. The number of esters is 1. The van der Waals surface area contributed by atoms with Crippen LogP contribution in [0.2, 0.25) is 0 Å². The van der Waals surface area contributed by atoms with Crippen LogP contribution in [-0.2, 0) is 29.2 Å². The van der Waals surface area contributed by atoms with Crippen LogP contribution in [0.1, 0.15) is 50.7 Å². The van der Waals surface area contributed by atoms with Crippen LogP contribution < -0.4 is 0 Å². The molecule has 0 saturated carbocycles. The first-order valence-corrected chi connectivity index (χ1v) is 13.3. The summed E-state index contributed by atoms with van der Waals surface area (Å²) in [5.74, 6) is -1.90. The molecule has 0 spiro atoms. The average molecular weight is 563 g/mol. The molecule has 0 bridgehead atoms. The quantitative estimate of drug-likeness (QED) is 0.328. The number of hydrogen-bond acceptors (Lipinski definition) is 4. The van der Waals surface area contributed by atoms with E-state index in [1.54, 1.807) is 20.8 Å². The number of aliphatic carboxylic acids is 1. The third-order valence-corrected chi connectivity index (χ3v) is 5.24. The number of carbonyl (C=O) groups is 2. The molecule has 0 aromatic heterocycles. The molecule has 0 aliphatic heterocycles. The van der Waals surface area contributed by atoms with Crippen molar-refractivity contribution in [1.82, 2.24) is 0 Å². The molecule has 1 aromatic carbocycles. The molecular formula is C16H23O5PSTl. The summed E-state index contributed by atoms with van der Waals surface area (Å²) in [5.41, 5.74) is 1.41. The molecule has 8 heteroatoms. The van der Waals surface area contributed by atoms with Gasteiger partial charge < -0.3 is 0 Å². The standard InChI is InChI=1S/C16H21O4.HOPS.Tl.H/c1-11-6-5-7-12(10-11)13(15(18)19)8-9-14(17)20-16(2,3)4;1-3-2;;/h5-7,10,13H,1,8-9H2,2-4H3,(H,18,19);2H;;. The van der Waals surface area contributed by atoms with Gasteiger partial charge in [0.1, 0.15) is 10.8 Å². The van der Waals surface area contributed by atoms with Crippen LogP contribution in [0.15, 0.2) is 24.3 Å². The van der Waals surface area contributed by atoms with Crippen molar-refractivity contribution >= 4 is 56.6 Å².